The molecule has 7 heteroatoms. The van der Waals surface area contributed by atoms with Crippen LogP contribution in [-0.2, 0) is 11.2 Å². The molecule has 2 heterocycles. The van der Waals surface area contributed by atoms with Crippen LogP contribution in [0.1, 0.15) is 63.0 Å². The molecule has 1 amide bonds. The molecule has 1 saturated carbocycles. The first-order valence-electron chi connectivity index (χ1n) is 11.1. The van der Waals surface area contributed by atoms with Gasteiger partial charge >= 0.3 is 0 Å². The Bertz CT molecular complexity index is 893. The summed E-state index contributed by atoms with van der Waals surface area (Å²) >= 11 is 0. The van der Waals surface area contributed by atoms with E-state index >= 15 is 0 Å². The zero-order valence-electron chi connectivity index (χ0n) is 17.4. The van der Waals surface area contributed by atoms with E-state index in [1.807, 2.05) is 28.9 Å². The molecule has 1 saturated heterocycles. The molecule has 7 nitrogen and oxygen atoms in total. The average molecular weight is 407 g/mol. The quantitative estimate of drug-likeness (QED) is 0.794. The lowest BCUT2D eigenvalue weighted by Crippen LogP contribution is -2.39. The molecule has 1 aliphatic carbocycles. The Morgan fingerprint density at radius 3 is 2.67 bits per heavy atom. The van der Waals surface area contributed by atoms with E-state index in [-0.39, 0.29) is 24.4 Å². The summed E-state index contributed by atoms with van der Waals surface area (Å²) in [7, 11) is 0. The molecule has 1 aliphatic heterocycles. The lowest BCUT2D eigenvalue weighted by Gasteiger charge is -2.21. The van der Waals surface area contributed by atoms with E-state index < -0.39 is 0 Å². The van der Waals surface area contributed by atoms with Gasteiger partial charge in [-0.2, -0.15) is 5.26 Å². The van der Waals surface area contributed by atoms with Gasteiger partial charge in [-0.25, -0.2) is 4.68 Å². The van der Waals surface area contributed by atoms with Crippen LogP contribution in [0, 0.1) is 11.3 Å². The average Bonchev–Trinajstić information content (AvgIpc) is 3.44. The summed E-state index contributed by atoms with van der Waals surface area (Å²) in [5, 5.41) is 17.9. The highest BCUT2D eigenvalue weighted by atomic mass is 16.2. The minimum Gasteiger partial charge on any atom is -0.327 e. The van der Waals surface area contributed by atoms with E-state index in [2.05, 4.69) is 22.6 Å². The molecular weight excluding hydrogens is 376 g/mol. The summed E-state index contributed by atoms with van der Waals surface area (Å²) in [6.45, 7) is 0.667. The molecule has 1 aromatic heterocycles. The first kappa shape index (κ1) is 20.5. The van der Waals surface area contributed by atoms with Gasteiger partial charge in [0.15, 0.2) is 0 Å². The highest BCUT2D eigenvalue weighted by molar-refractivity contribution is 5.78. The highest BCUT2D eigenvalue weighted by Crippen LogP contribution is 2.28. The zero-order valence-corrected chi connectivity index (χ0v) is 17.4. The third kappa shape index (κ3) is 4.71. The van der Waals surface area contributed by atoms with Gasteiger partial charge in [0.05, 0.1) is 18.3 Å². The van der Waals surface area contributed by atoms with Crippen molar-refractivity contribution in [3.05, 3.63) is 36.0 Å². The molecule has 0 unspecified atom stereocenters. The van der Waals surface area contributed by atoms with Crippen LogP contribution in [0.4, 0.5) is 0 Å². The van der Waals surface area contributed by atoms with Crippen molar-refractivity contribution >= 4 is 5.91 Å². The normalized spacial score (nSPS) is 20.8. The molecule has 2 atom stereocenters. The monoisotopic (exact) mass is 406 g/mol. The molecule has 0 radical (unpaired) electrons. The topological polar surface area (TPSA) is 101 Å². The van der Waals surface area contributed by atoms with Crippen LogP contribution >= 0.6 is 0 Å². The first-order chi connectivity index (χ1) is 14.6. The number of aromatic nitrogens is 3. The Balaban J connectivity index is 1.33. The molecular formula is C23H30N6O. The van der Waals surface area contributed by atoms with Crippen LogP contribution in [0.5, 0.6) is 0 Å². The Kier molecular flexibility index (Phi) is 6.44. The summed E-state index contributed by atoms with van der Waals surface area (Å²) in [6.07, 6.45) is 10.9. The summed E-state index contributed by atoms with van der Waals surface area (Å²) in [5.74, 6) is -0.0116. The van der Waals surface area contributed by atoms with E-state index in [1.54, 1.807) is 4.90 Å². The number of carbonyl (C=O) groups excluding carboxylic acids is 1. The number of nitrogens with zero attached hydrogens (tertiary/aromatic N) is 5. The maximum Gasteiger partial charge on any atom is 0.225 e. The van der Waals surface area contributed by atoms with Gasteiger partial charge in [0.1, 0.15) is 11.7 Å². The van der Waals surface area contributed by atoms with Crippen molar-refractivity contribution in [1.29, 1.82) is 5.26 Å². The zero-order chi connectivity index (χ0) is 20.9. The molecule has 158 valence electrons. The summed E-state index contributed by atoms with van der Waals surface area (Å²) in [6, 6.07) is 10.3. The minimum atomic E-state index is -0.286. The second-order valence-electron chi connectivity index (χ2n) is 8.62. The Morgan fingerprint density at radius 1 is 1.17 bits per heavy atom. The van der Waals surface area contributed by atoms with Crippen molar-refractivity contribution in [1.82, 2.24) is 19.9 Å². The summed E-state index contributed by atoms with van der Waals surface area (Å²) in [4.78, 5) is 14.1. The highest BCUT2D eigenvalue weighted by Gasteiger charge is 2.29. The molecule has 0 bridgehead atoms. The largest absolute Gasteiger partial charge is 0.327 e. The standard InChI is InChI=1S/C23H30N6O/c24-15-21-7-4-12-28(21)23(30)14-19(25)13-17-8-10-18(11-9-17)22-16-29(27-26-22)20-5-2-1-3-6-20/h8-11,16,19-21H,1-7,12-14,25H2/t19-,21-/m0/s1. The second kappa shape index (κ2) is 9.40. The molecule has 0 spiro atoms. The Hall–Kier alpha value is -2.72. The van der Waals surface area contributed by atoms with Gasteiger partial charge in [0.25, 0.3) is 0 Å². The number of nitrogens with two attached hydrogens (primary N) is 1. The van der Waals surface area contributed by atoms with Crippen molar-refractivity contribution in [2.75, 3.05) is 6.54 Å². The fourth-order valence-electron chi connectivity index (χ4n) is 4.66. The van der Waals surface area contributed by atoms with Crippen LogP contribution in [0.15, 0.2) is 30.5 Å². The van der Waals surface area contributed by atoms with Crippen molar-refractivity contribution in [2.24, 2.45) is 5.73 Å². The Morgan fingerprint density at radius 2 is 1.93 bits per heavy atom. The molecule has 30 heavy (non-hydrogen) atoms. The van der Waals surface area contributed by atoms with Gasteiger partial charge in [0.2, 0.25) is 5.91 Å². The molecule has 1 aromatic carbocycles. The third-order valence-electron chi connectivity index (χ3n) is 6.37. The molecule has 2 aliphatic rings. The van der Waals surface area contributed by atoms with Crippen LogP contribution in [0.25, 0.3) is 11.3 Å². The molecule has 2 fully saturated rings. The SMILES string of the molecule is N#C[C@@H]1CCCN1C(=O)C[C@@H](N)Cc1ccc(-c2cn(C3CCCCC3)nn2)cc1. The summed E-state index contributed by atoms with van der Waals surface area (Å²) in [5.41, 5.74) is 9.27. The third-order valence-corrected chi connectivity index (χ3v) is 6.37. The number of likely N-dealkylation sites (tertiary alicyclic amines) is 1. The van der Waals surface area contributed by atoms with Crippen molar-refractivity contribution < 1.29 is 4.79 Å². The van der Waals surface area contributed by atoms with E-state index in [1.165, 1.54) is 32.1 Å². The number of rotatable bonds is 6. The van der Waals surface area contributed by atoms with E-state index in [0.717, 1.165) is 29.7 Å². The van der Waals surface area contributed by atoms with Crippen LogP contribution in [-0.4, -0.2) is 44.4 Å². The van der Waals surface area contributed by atoms with E-state index in [9.17, 15) is 4.79 Å². The van der Waals surface area contributed by atoms with E-state index in [0.29, 0.717) is 19.0 Å². The van der Waals surface area contributed by atoms with Crippen molar-refractivity contribution in [2.45, 2.75) is 75.9 Å². The van der Waals surface area contributed by atoms with Gasteiger partial charge in [-0.05, 0) is 37.7 Å². The second-order valence-corrected chi connectivity index (χ2v) is 8.62. The number of amides is 1. The lowest BCUT2D eigenvalue weighted by atomic mass is 9.96. The lowest BCUT2D eigenvalue weighted by molar-refractivity contribution is -0.131. The fraction of sp³-hybridized carbons (Fsp3) is 0.565. The first-order valence-corrected chi connectivity index (χ1v) is 11.1. The molecule has 2 N–H and O–H groups in total. The fourth-order valence-corrected chi connectivity index (χ4v) is 4.66. The van der Waals surface area contributed by atoms with Gasteiger partial charge in [0, 0.05) is 24.6 Å². The van der Waals surface area contributed by atoms with Crippen molar-refractivity contribution in [3.63, 3.8) is 0 Å². The maximum absolute atomic E-state index is 12.5. The van der Waals surface area contributed by atoms with Crippen LogP contribution in [0.2, 0.25) is 0 Å². The number of hydrogen-bond donors (Lipinski definition) is 1. The van der Waals surface area contributed by atoms with Gasteiger partial charge in [-0.15, -0.1) is 5.10 Å². The smallest absolute Gasteiger partial charge is 0.225 e. The van der Waals surface area contributed by atoms with Gasteiger partial charge < -0.3 is 10.6 Å². The van der Waals surface area contributed by atoms with Crippen LogP contribution in [0.3, 0.4) is 0 Å². The minimum absolute atomic E-state index is 0.0116. The number of hydrogen-bond acceptors (Lipinski definition) is 5. The summed E-state index contributed by atoms with van der Waals surface area (Å²) < 4.78 is 2.02. The predicted octanol–water partition coefficient (Wildman–Crippen LogP) is 3.22. The predicted molar refractivity (Wildman–Crippen MR) is 114 cm³/mol. The number of nitriles is 1. The Labute approximate surface area is 177 Å². The van der Waals surface area contributed by atoms with Crippen molar-refractivity contribution in [3.8, 4) is 17.3 Å². The number of benzene rings is 1. The van der Waals surface area contributed by atoms with Gasteiger partial charge in [-0.3, -0.25) is 4.79 Å². The number of carbonyl (C=O) groups is 1. The van der Waals surface area contributed by atoms with Gasteiger partial charge in [-0.1, -0.05) is 48.7 Å². The maximum atomic E-state index is 12.5. The molecule has 4 rings (SSSR count). The van der Waals surface area contributed by atoms with E-state index in [4.69, 9.17) is 11.0 Å². The van der Waals surface area contributed by atoms with Crippen LogP contribution < -0.4 is 5.73 Å². The molecule has 2 aromatic rings.